The molecule has 8 nitrogen and oxygen atoms in total. The number of nitrogens with one attached hydrogen (secondary N) is 2. The van der Waals surface area contributed by atoms with Crippen molar-refractivity contribution in [2.45, 2.75) is 49.3 Å². The molecule has 3 N–H and O–H groups in total. The van der Waals surface area contributed by atoms with Gasteiger partial charge in [0.25, 0.3) is 11.8 Å². The number of carbonyl (C=O) groups excluding carboxylic acids is 2. The maximum absolute atomic E-state index is 13.6. The molecular weight excluding hydrogens is 489 g/mol. The summed E-state index contributed by atoms with van der Waals surface area (Å²) < 4.78 is 24.2. The second-order valence-corrected chi connectivity index (χ2v) is 9.87. The summed E-state index contributed by atoms with van der Waals surface area (Å²) >= 11 is 5.66. The molecule has 2 aromatic carbocycles. The van der Waals surface area contributed by atoms with Gasteiger partial charge >= 0.3 is 0 Å². The third-order valence-electron chi connectivity index (χ3n) is 7.15. The van der Waals surface area contributed by atoms with Crippen LogP contribution in [0.25, 0.3) is 11.3 Å². The Kier molecular flexibility index (Phi) is 6.44. The summed E-state index contributed by atoms with van der Waals surface area (Å²) in [6, 6.07) is 14.9. The molecule has 6 rings (SSSR count). The minimum absolute atomic E-state index is 0.0336. The number of rotatable bonds is 7. The van der Waals surface area contributed by atoms with Crippen molar-refractivity contribution < 1.29 is 28.3 Å². The molecule has 0 radical (unpaired) electrons. The van der Waals surface area contributed by atoms with E-state index in [9.17, 15) is 19.1 Å². The van der Waals surface area contributed by atoms with Gasteiger partial charge in [-0.05, 0) is 44.2 Å². The quantitative estimate of drug-likeness (QED) is 0.442. The number of carbonyl (C=O) groups is 2. The van der Waals surface area contributed by atoms with Crippen LogP contribution in [0.1, 0.15) is 42.7 Å². The van der Waals surface area contributed by atoms with Crippen molar-refractivity contribution in [3.05, 3.63) is 71.2 Å². The molecule has 3 aliphatic rings. The Balaban J connectivity index is 1.18. The molecule has 1 aromatic heterocycles. The molecule has 36 heavy (non-hydrogen) atoms. The number of hydrogen-bond acceptors (Lipinski definition) is 6. The van der Waals surface area contributed by atoms with Crippen LogP contribution in [0.15, 0.2) is 59.1 Å². The standard InChI is InChI=1S/C26H25ClFN3O5/c27-18-7-6-17(12-19(18)28)35-15-23(33)29-26-10-8-25(9-11-26,14-22(26)32)30-24(34)21-13-20(31-36-21)16-4-2-1-3-5-16/h1-7,12-13,22,32H,8-11,14-15H2,(H,29,33)(H,30,34). The van der Waals surface area contributed by atoms with E-state index in [1.54, 1.807) is 6.07 Å². The largest absolute Gasteiger partial charge is 0.484 e. The second kappa shape index (κ2) is 9.55. The smallest absolute Gasteiger partial charge is 0.290 e. The topological polar surface area (TPSA) is 114 Å². The van der Waals surface area contributed by atoms with Gasteiger partial charge in [-0.1, -0.05) is 47.1 Å². The first kappa shape index (κ1) is 24.3. The van der Waals surface area contributed by atoms with Gasteiger partial charge in [-0.15, -0.1) is 0 Å². The van der Waals surface area contributed by atoms with Crippen molar-refractivity contribution in [2.24, 2.45) is 0 Å². The van der Waals surface area contributed by atoms with E-state index < -0.39 is 28.9 Å². The minimum atomic E-state index is -0.855. The Hall–Kier alpha value is -3.43. The first-order chi connectivity index (χ1) is 17.3. The van der Waals surface area contributed by atoms with Gasteiger partial charge in [0.15, 0.2) is 6.61 Å². The normalized spacial score (nSPS) is 24.8. The Morgan fingerprint density at radius 1 is 1.11 bits per heavy atom. The molecule has 1 heterocycles. The summed E-state index contributed by atoms with van der Waals surface area (Å²) in [6.45, 7) is -0.327. The van der Waals surface area contributed by atoms with E-state index in [1.165, 1.54) is 12.1 Å². The molecule has 0 spiro atoms. The summed E-state index contributed by atoms with van der Waals surface area (Å²) in [5.74, 6) is -1.16. The first-order valence-electron chi connectivity index (χ1n) is 11.7. The molecule has 3 fully saturated rings. The van der Waals surface area contributed by atoms with Crippen LogP contribution < -0.4 is 15.4 Å². The Bertz CT molecular complexity index is 1270. The Morgan fingerprint density at radius 2 is 1.86 bits per heavy atom. The number of halogens is 2. The fourth-order valence-electron chi connectivity index (χ4n) is 5.12. The monoisotopic (exact) mass is 513 g/mol. The maximum atomic E-state index is 13.6. The summed E-state index contributed by atoms with van der Waals surface area (Å²) in [7, 11) is 0. The molecule has 2 bridgehead atoms. The van der Waals surface area contributed by atoms with E-state index in [0.717, 1.165) is 11.6 Å². The molecule has 3 aromatic rings. The number of amides is 2. The van der Waals surface area contributed by atoms with E-state index in [4.69, 9.17) is 20.9 Å². The van der Waals surface area contributed by atoms with Gasteiger partial charge < -0.3 is 25.0 Å². The lowest BCUT2D eigenvalue weighted by Gasteiger charge is -2.56. The van der Waals surface area contributed by atoms with Crippen LogP contribution in [0.2, 0.25) is 5.02 Å². The van der Waals surface area contributed by atoms with Crippen molar-refractivity contribution in [2.75, 3.05) is 6.61 Å². The highest BCUT2D eigenvalue weighted by atomic mass is 35.5. The van der Waals surface area contributed by atoms with Gasteiger partial charge in [0, 0.05) is 23.2 Å². The van der Waals surface area contributed by atoms with Gasteiger partial charge in [0.1, 0.15) is 17.3 Å². The number of aliphatic hydroxyl groups excluding tert-OH is 1. The lowest BCUT2D eigenvalue weighted by molar-refractivity contribution is -0.132. The fourth-order valence-corrected chi connectivity index (χ4v) is 5.24. The molecule has 2 amide bonds. The van der Waals surface area contributed by atoms with Crippen LogP contribution in [-0.4, -0.2) is 45.9 Å². The summed E-state index contributed by atoms with van der Waals surface area (Å²) in [5.41, 5.74) is 0.0102. The first-order valence-corrected chi connectivity index (χ1v) is 12.1. The highest BCUT2D eigenvalue weighted by Crippen LogP contribution is 2.47. The van der Waals surface area contributed by atoms with Gasteiger partial charge in [0.05, 0.1) is 16.7 Å². The molecule has 3 saturated carbocycles. The zero-order valence-corrected chi connectivity index (χ0v) is 20.1. The molecule has 3 aliphatic carbocycles. The van der Waals surface area contributed by atoms with E-state index >= 15 is 0 Å². The van der Waals surface area contributed by atoms with Crippen LogP contribution in [0, 0.1) is 5.82 Å². The van der Waals surface area contributed by atoms with Crippen molar-refractivity contribution in [1.82, 2.24) is 15.8 Å². The highest BCUT2D eigenvalue weighted by molar-refractivity contribution is 6.30. The Morgan fingerprint density at radius 3 is 2.56 bits per heavy atom. The summed E-state index contributed by atoms with van der Waals surface area (Å²) in [6.07, 6.45) is 1.58. The number of hydrogen-bond donors (Lipinski definition) is 3. The number of ether oxygens (including phenoxy) is 1. The number of fused-ring (bicyclic) bond motifs is 3. The molecule has 10 heteroatoms. The van der Waals surface area contributed by atoms with Crippen LogP contribution >= 0.6 is 11.6 Å². The average molecular weight is 514 g/mol. The van der Waals surface area contributed by atoms with Crippen molar-refractivity contribution in [3.8, 4) is 17.0 Å². The van der Waals surface area contributed by atoms with E-state index in [2.05, 4.69) is 15.8 Å². The van der Waals surface area contributed by atoms with Crippen LogP contribution in [0.5, 0.6) is 5.75 Å². The van der Waals surface area contributed by atoms with Gasteiger partial charge in [-0.25, -0.2) is 4.39 Å². The van der Waals surface area contributed by atoms with Crippen LogP contribution in [-0.2, 0) is 4.79 Å². The summed E-state index contributed by atoms with van der Waals surface area (Å²) in [4.78, 5) is 25.5. The predicted octanol–water partition coefficient (Wildman–Crippen LogP) is 3.88. The lowest BCUT2D eigenvalue weighted by atomic mass is 9.60. The number of aliphatic hydroxyl groups is 1. The summed E-state index contributed by atoms with van der Waals surface area (Å²) in [5, 5.41) is 20.9. The predicted molar refractivity (Wildman–Crippen MR) is 129 cm³/mol. The molecule has 1 atom stereocenters. The van der Waals surface area contributed by atoms with Crippen molar-refractivity contribution in [1.29, 1.82) is 0 Å². The van der Waals surface area contributed by atoms with Crippen molar-refractivity contribution >= 4 is 23.4 Å². The third kappa shape index (κ3) is 4.81. The number of aromatic nitrogens is 1. The second-order valence-electron chi connectivity index (χ2n) is 9.47. The van der Waals surface area contributed by atoms with E-state index in [-0.39, 0.29) is 29.0 Å². The molecular formula is C26H25ClFN3O5. The zero-order valence-electron chi connectivity index (χ0n) is 19.3. The van der Waals surface area contributed by atoms with E-state index in [1.807, 2.05) is 30.3 Å². The van der Waals surface area contributed by atoms with Crippen LogP contribution in [0.4, 0.5) is 4.39 Å². The third-order valence-corrected chi connectivity index (χ3v) is 7.46. The molecule has 0 aliphatic heterocycles. The van der Waals surface area contributed by atoms with Gasteiger partial charge in [-0.3, -0.25) is 9.59 Å². The maximum Gasteiger partial charge on any atom is 0.290 e. The number of nitrogens with zero attached hydrogens (tertiary/aromatic N) is 1. The zero-order chi connectivity index (χ0) is 25.3. The average Bonchev–Trinajstić information content (AvgIpc) is 3.37. The molecule has 0 saturated heterocycles. The number of benzene rings is 2. The molecule has 1 unspecified atom stereocenters. The highest BCUT2D eigenvalue weighted by Gasteiger charge is 2.55. The van der Waals surface area contributed by atoms with Gasteiger partial charge in [0.2, 0.25) is 5.76 Å². The molecule has 188 valence electrons. The van der Waals surface area contributed by atoms with Gasteiger partial charge in [-0.2, -0.15) is 0 Å². The lowest BCUT2D eigenvalue weighted by Crippen LogP contribution is -2.70. The van der Waals surface area contributed by atoms with Crippen molar-refractivity contribution in [3.63, 3.8) is 0 Å². The van der Waals surface area contributed by atoms with E-state index in [0.29, 0.717) is 37.8 Å². The Labute approximate surface area is 211 Å². The minimum Gasteiger partial charge on any atom is -0.484 e. The van der Waals surface area contributed by atoms with Crippen LogP contribution in [0.3, 0.4) is 0 Å². The SMILES string of the molecule is O=C(COc1ccc(Cl)c(F)c1)NC12CCC(NC(=O)c3cc(-c4ccccc4)no3)(CC1)CC2O. The fraction of sp³-hybridized carbons (Fsp3) is 0.346.